The van der Waals surface area contributed by atoms with E-state index in [1.54, 1.807) is 30.3 Å². The normalized spacial score (nSPS) is 15.6. The molecule has 0 saturated carbocycles. The van der Waals surface area contributed by atoms with Crippen LogP contribution in [-0.2, 0) is 21.2 Å². The van der Waals surface area contributed by atoms with Gasteiger partial charge in [0.1, 0.15) is 23.4 Å². The van der Waals surface area contributed by atoms with Crippen molar-refractivity contribution in [1.82, 2.24) is 0 Å². The first kappa shape index (κ1) is 20.4. The van der Waals surface area contributed by atoms with Crippen LogP contribution in [0.25, 0.3) is 0 Å². The zero-order chi connectivity index (χ0) is 21.0. The summed E-state index contributed by atoms with van der Waals surface area (Å²) in [4.78, 5) is 0.149. The first-order valence-electron chi connectivity index (χ1n) is 10.1. The van der Waals surface area contributed by atoms with Crippen molar-refractivity contribution in [3.05, 3.63) is 84.4 Å². The molecule has 0 radical (unpaired) electrons. The second kappa shape index (κ2) is 8.90. The van der Waals surface area contributed by atoms with Crippen LogP contribution in [-0.4, -0.2) is 27.7 Å². The Labute approximate surface area is 177 Å². The predicted molar refractivity (Wildman–Crippen MR) is 118 cm³/mol. The lowest BCUT2D eigenvalue weighted by Crippen LogP contribution is -2.27. The van der Waals surface area contributed by atoms with Gasteiger partial charge in [0.05, 0.1) is 18.0 Å². The van der Waals surface area contributed by atoms with E-state index in [1.165, 1.54) is 4.31 Å². The lowest BCUT2D eigenvalue weighted by molar-refractivity contribution is 0.257. The largest absolute Gasteiger partial charge is 0.489 e. The van der Waals surface area contributed by atoms with Crippen LogP contribution in [0.2, 0.25) is 0 Å². The van der Waals surface area contributed by atoms with Gasteiger partial charge in [0.2, 0.25) is 0 Å². The molecule has 1 fully saturated rings. The van der Waals surface area contributed by atoms with E-state index in [9.17, 15) is 8.42 Å². The monoisotopic (exact) mass is 423 g/mol. The summed E-state index contributed by atoms with van der Waals surface area (Å²) < 4.78 is 40.3. The molecule has 0 spiro atoms. The Balaban J connectivity index is 1.81. The zero-order valence-electron chi connectivity index (χ0n) is 16.9. The Hall–Kier alpha value is -2.83. The van der Waals surface area contributed by atoms with Gasteiger partial charge in [-0.15, -0.1) is 0 Å². The summed E-state index contributed by atoms with van der Waals surface area (Å²) in [6.07, 6.45) is 1.87. The number of anilines is 2. The molecule has 156 valence electrons. The molecule has 3 aromatic rings. The van der Waals surface area contributed by atoms with Crippen molar-refractivity contribution in [3.63, 3.8) is 0 Å². The van der Waals surface area contributed by atoms with Crippen LogP contribution >= 0.6 is 0 Å². The number of nitrogens with zero attached hydrogens (tertiary/aromatic N) is 1. The van der Waals surface area contributed by atoms with Gasteiger partial charge >= 0.3 is 0 Å². The predicted octanol–water partition coefficient (Wildman–Crippen LogP) is 4.94. The fourth-order valence-electron chi connectivity index (χ4n) is 3.32. The van der Waals surface area contributed by atoms with Crippen LogP contribution in [0.4, 0.5) is 11.4 Å². The van der Waals surface area contributed by atoms with Crippen LogP contribution in [0.1, 0.15) is 18.9 Å². The molecule has 0 amide bonds. The summed E-state index contributed by atoms with van der Waals surface area (Å²) in [5, 5.41) is 0. The molecule has 3 aromatic carbocycles. The molecule has 5 nitrogen and oxygen atoms in total. The van der Waals surface area contributed by atoms with E-state index >= 15 is 0 Å². The topological polar surface area (TPSA) is 59.1 Å². The second-order valence-corrected chi connectivity index (χ2v) is 8.99. The van der Waals surface area contributed by atoms with Crippen LogP contribution in [0, 0.1) is 0 Å². The number of rotatable bonds is 9. The molecule has 0 N–H and O–H groups in total. The van der Waals surface area contributed by atoms with E-state index in [-0.39, 0.29) is 11.0 Å². The number of hydrogen-bond donors (Lipinski definition) is 0. The van der Waals surface area contributed by atoms with Gasteiger partial charge in [-0.25, -0.2) is 12.7 Å². The lowest BCUT2D eigenvalue weighted by Gasteiger charge is -2.26. The third-order valence-electron chi connectivity index (χ3n) is 4.87. The summed E-state index contributed by atoms with van der Waals surface area (Å²) in [6, 6.07) is 23.5. The highest BCUT2D eigenvalue weighted by molar-refractivity contribution is 7.93. The highest BCUT2D eigenvalue weighted by atomic mass is 32.2. The maximum Gasteiger partial charge on any atom is 0.272 e. The van der Waals surface area contributed by atoms with Crippen LogP contribution in [0.3, 0.4) is 0 Å². The molecule has 1 unspecified atom stereocenters. The molecule has 0 bridgehead atoms. The van der Waals surface area contributed by atoms with Gasteiger partial charge in [0.15, 0.2) is 0 Å². The van der Waals surface area contributed by atoms with Crippen molar-refractivity contribution < 1.29 is 17.9 Å². The third kappa shape index (κ3) is 4.50. The molecule has 1 atom stereocenters. The molecule has 1 aliphatic rings. The maximum atomic E-state index is 13.9. The number of benzene rings is 3. The Morgan fingerprint density at radius 2 is 1.57 bits per heavy atom. The Bertz CT molecular complexity index is 1040. The second-order valence-electron chi connectivity index (χ2n) is 7.24. The van der Waals surface area contributed by atoms with Crippen LogP contribution in [0.5, 0.6) is 5.75 Å². The number of aryl methyl sites for hydroxylation is 1. The van der Waals surface area contributed by atoms with Crippen molar-refractivity contribution in [2.75, 3.05) is 17.5 Å². The van der Waals surface area contributed by atoms with Crippen molar-refractivity contribution in [2.45, 2.75) is 30.8 Å². The summed E-state index contributed by atoms with van der Waals surface area (Å²) in [6.45, 7) is 3.08. The summed E-state index contributed by atoms with van der Waals surface area (Å²) in [7, 11) is -3.93. The minimum Gasteiger partial charge on any atom is -0.489 e. The molecule has 6 heteroatoms. The van der Waals surface area contributed by atoms with E-state index in [4.69, 9.17) is 9.47 Å². The molecule has 0 aromatic heterocycles. The highest BCUT2D eigenvalue weighted by Gasteiger charge is 2.31. The minimum atomic E-state index is -3.93. The van der Waals surface area contributed by atoms with Crippen molar-refractivity contribution >= 4 is 21.4 Å². The Morgan fingerprint density at radius 3 is 2.10 bits per heavy atom. The first-order chi connectivity index (χ1) is 14.6. The van der Waals surface area contributed by atoms with Gasteiger partial charge in [0.25, 0.3) is 10.0 Å². The van der Waals surface area contributed by atoms with Crippen LogP contribution < -0.4 is 9.04 Å². The van der Waals surface area contributed by atoms with Crippen molar-refractivity contribution in [3.8, 4) is 5.75 Å². The smallest absolute Gasteiger partial charge is 0.272 e. The number of hydrogen-bond acceptors (Lipinski definition) is 4. The average molecular weight is 424 g/mol. The molecule has 0 aliphatic carbocycles. The highest BCUT2D eigenvalue weighted by Crippen LogP contribution is 2.36. The Kier molecular flexibility index (Phi) is 6.06. The molecular formula is C24H25NO4S. The van der Waals surface area contributed by atoms with Gasteiger partial charge in [-0.3, -0.25) is 0 Å². The summed E-state index contributed by atoms with van der Waals surface area (Å²) in [5.74, 6) is 0.369. The van der Waals surface area contributed by atoms with E-state index in [1.807, 2.05) is 48.5 Å². The summed E-state index contributed by atoms with van der Waals surface area (Å²) >= 11 is 0. The van der Waals surface area contributed by atoms with Crippen LogP contribution in [0.15, 0.2) is 83.8 Å². The number of para-hydroxylation sites is 2. The molecule has 30 heavy (non-hydrogen) atoms. The number of ether oxygens (including phenoxy) is 2. The fraction of sp³-hybridized carbons (Fsp3) is 0.250. The summed E-state index contributed by atoms with van der Waals surface area (Å²) in [5.41, 5.74) is 2.18. The van der Waals surface area contributed by atoms with Gasteiger partial charge in [-0.05, 0) is 48.4 Å². The quantitative estimate of drug-likeness (QED) is 0.457. The van der Waals surface area contributed by atoms with Gasteiger partial charge in [-0.2, -0.15) is 0 Å². The number of epoxide rings is 1. The lowest BCUT2D eigenvalue weighted by atomic mass is 10.1. The van der Waals surface area contributed by atoms with Crippen molar-refractivity contribution in [2.24, 2.45) is 0 Å². The molecule has 1 saturated heterocycles. The van der Waals surface area contributed by atoms with E-state index in [2.05, 4.69) is 6.92 Å². The third-order valence-corrected chi connectivity index (χ3v) is 6.67. The Morgan fingerprint density at radius 1 is 0.967 bits per heavy atom. The average Bonchev–Trinajstić information content (AvgIpc) is 3.59. The molecule has 1 aliphatic heterocycles. The molecule has 1 heterocycles. The van der Waals surface area contributed by atoms with E-state index in [0.717, 1.165) is 18.4 Å². The minimum absolute atomic E-state index is 0.0368. The van der Waals surface area contributed by atoms with Gasteiger partial charge in [-0.1, -0.05) is 55.8 Å². The number of sulfonamides is 1. The van der Waals surface area contributed by atoms with Gasteiger partial charge < -0.3 is 9.47 Å². The SMILES string of the molecule is CCCc1ccc(S(=O)(=O)N(c2ccccc2)c2ccccc2)c(OCC2CO2)c1. The first-order valence-corrected chi connectivity index (χ1v) is 11.6. The zero-order valence-corrected chi connectivity index (χ0v) is 17.7. The maximum absolute atomic E-state index is 13.9. The van der Waals surface area contributed by atoms with Crippen molar-refractivity contribution in [1.29, 1.82) is 0 Å². The fourth-order valence-corrected chi connectivity index (χ4v) is 4.93. The standard InChI is InChI=1S/C24H25NO4S/c1-2-9-19-14-15-24(23(16-19)29-18-22-17-28-22)30(26,27)25(20-10-5-3-6-11-20)21-12-7-4-8-13-21/h3-8,10-16,22H,2,9,17-18H2,1H3. The van der Waals surface area contributed by atoms with E-state index in [0.29, 0.717) is 30.3 Å². The van der Waals surface area contributed by atoms with E-state index < -0.39 is 10.0 Å². The molecular weight excluding hydrogens is 398 g/mol. The van der Waals surface area contributed by atoms with Gasteiger partial charge in [0, 0.05) is 0 Å². The molecule has 4 rings (SSSR count).